The molecule has 214 valence electrons. The summed E-state index contributed by atoms with van der Waals surface area (Å²) in [7, 11) is 2.23. The van der Waals surface area contributed by atoms with Gasteiger partial charge in [-0.3, -0.25) is 14.6 Å². The van der Waals surface area contributed by atoms with Gasteiger partial charge in [-0.15, -0.1) is 0 Å². The normalized spacial score (nSPS) is 25.5. The van der Waals surface area contributed by atoms with Crippen LogP contribution in [-0.2, 0) is 4.79 Å². The summed E-state index contributed by atoms with van der Waals surface area (Å²) in [5.74, 6) is -0.853. The maximum atomic E-state index is 14.9. The first-order valence-corrected chi connectivity index (χ1v) is 14.9. The summed E-state index contributed by atoms with van der Waals surface area (Å²) in [6, 6.07) is 4.86. The van der Waals surface area contributed by atoms with E-state index in [4.69, 9.17) is 0 Å². The van der Waals surface area contributed by atoms with Crippen molar-refractivity contribution in [3.05, 3.63) is 35.4 Å². The highest BCUT2D eigenvalue weighted by atomic mass is 19.1. The summed E-state index contributed by atoms with van der Waals surface area (Å²) in [6.45, 7) is 16.4. The molecule has 2 aliphatic heterocycles. The molecule has 3 aliphatic rings. The van der Waals surface area contributed by atoms with Gasteiger partial charge in [-0.05, 0) is 72.1 Å². The van der Waals surface area contributed by atoms with E-state index in [1.807, 2.05) is 4.90 Å². The van der Waals surface area contributed by atoms with Crippen molar-refractivity contribution in [2.75, 3.05) is 52.9 Å². The number of likely N-dealkylation sites (tertiary alicyclic amines) is 1. The van der Waals surface area contributed by atoms with Crippen molar-refractivity contribution in [2.24, 2.45) is 11.8 Å². The fraction of sp³-hybridized carbons (Fsp3) is 0.774. The van der Waals surface area contributed by atoms with E-state index in [1.54, 1.807) is 6.07 Å². The minimum atomic E-state index is -0.577. The number of piperazine rings is 1. The van der Waals surface area contributed by atoms with E-state index in [2.05, 4.69) is 56.4 Å². The molecule has 3 fully saturated rings. The Hall–Kier alpha value is -1.57. The molecule has 38 heavy (non-hydrogen) atoms. The van der Waals surface area contributed by atoms with Crippen molar-refractivity contribution in [1.82, 2.24) is 19.6 Å². The molecule has 1 aromatic carbocycles. The zero-order chi connectivity index (χ0) is 27.6. The topological polar surface area (TPSA) is 30.0 Å². The number of amides is 1. The van der Waals surface area contributed by atoms with E-state index < -0.39 is 11.6 Å². The molecule has 1 aliphatic carbocycles. The predicted molar refractivity (Wildman–Crippen MR) is 150 cm³/mol. The number of hydrogen-bond acceptors (Lipinski definition) is 4. The quantitative estimate of drug-likeness (QED) is 0.482. The summed E-state index contributed by atoms with van der Waals surface area (Å²) in [6.07, 6.45) is 6.64. The zero-order valence-corrected chi connectivity index (χ0v) is 24.6. The minimum Gasteiger partial charge on any atom is -0.340 e. The fourth-order valence-corrected chi connectivity index (χ4v) is 6.82. The third-order valence-electron chi connectivity index (χ3n) is 9.59. The SMILES string of the molecule is CC(C)N(C)CC(C1CCCCC1)N1CCN(C(=O)[C@@H]2CN(C(C)(C)C)CC2c2ccc(F)cc2F)CC1. The number of likely N-dealkylation sites (N-methyl/N-ethyl adjacent to an activating group) is 1. The maximum Gasteiger partial charge on any atom is 0.227 e. The smallest absolute Gasteiger partial charge is 0.227 e. The van der Waals surface area contributed by atoms with Crippen LogP contribution in [-0.4, -0.2) is 96.0 Å². The molecule has 1 amide bonds. The van der Waals surface area contributed by atoms with E-state index in [-0.39, 0.29) is 23.3 Å². The van der Waals surface area contributed by atoms with Gasteiger partial charge in [0.1, 0.15) is 11.6 Å². The third kappa shape index (κ3) is 6.76. The fourth-order valence-electron chi connectivity index (χ4n) is 6.82. The first-order chi connectivity index (χ1) is 18.0. The van der Waals surface area contributed by atoms with Crippen molar-refractivity contribution >= 4 is 5.91 Å². The second-order valence-corrected chi connectivity index (χ2v) is 13.3. The number of rotatable bonds is 7. The molecule has 0 spiro atoms. The van der Waals surface area contributed by atoms with Crippen LogP contribution in [0.3, 0.4) is 0 Å². The molecule has 2 heterocycles. The molecular formula is C31H50F2N4O. The zero-order valence-electron chi connectivity index (χ0n) is 24.6. The molecule has 1 aromatic rings. The van der Waals surface area contributed by atoms with Crippen molar-refractivity contribution in [2.45, 2.75) is 90.3 Å². The van der Waals surface area contributed by atoms with Gasteiger partial charge in [0, 0.05) is 75.4 Å². The van der Waals surface area contributed by atoms with Crippen LogP contribution in [0.1, 0.15) is 78.2 Å². The van der Waals surface area contributed by atoms with Crippen LogP contribution in [0.5, 0.6) is 0 Å². The Morgan fingerprint density at radius 1 is 1.03 bits per heavy atom. The van der Waals surface area contributed by atoms with Crippen molar-refractivity contribution in [1.29, 1.82) is 0 Å². The molecule has 0 bridgehead atoms. The predicted octanol–water partition coefficient (Wildman–Crippen LogP) is 5.21. The van der Waals surface area contributed by atoms with Crippen molar-refractivity contribution in [3.63, 3.8) is 0 Å². The molecule has 7 heteroatoms. The van der Waals surface area contributed by atoms with Crippen molar-refractivity contribution in [3.8, 4) is 0 Å². The van der Waals surface area contributed by atoms with Crippen LogP contribution in [0, 0.1) is 23.5 Å². The van der Waals surface area contributed by atoms with E-state index in [9.17, 15) is 13.6 Å². The molecule has 3 atom stereocenters. The molecule has 2 saturated heterocycles. The van der Waals surface area contributed by atoms with E-state index in [0.717, 1.165) is 44.7 Å². The monoisotopic (exact) mass is 532 g/mol. The van der Waals surface area contributed by atoms with Gasteiger partial charge >= 0.3 is 0 Å². The summed E-state index contributed by atoms with van der Waals surface area (Å²) in [5.41, 5.74) is 0.335. The van der Waals surface area contributed by atoms with Crippen LogP contribution in [0.4, 0.5) is 8.78 Å². The second kappa shape index (κ2) is 12.3. The van der Waals surface area contributed by atoms with Gasteiger partial charge in [-0.1, -0.05) is 25.3 Å². The highest BCUT2D eigenvalue weighted by Crippen LogP contribution is 2.39. The summed E-state index contributed by atoms with van der Waals surface area (Å²) in [5, 5.41) is 0. The van der Waals surface area contributed by atoms with E-state index in [0.29, 0.717) is 30.7 Å². The summed E-state index contributed by atoms with van der Waals surface area (Å²) < 4.78 is 28.6. The Morgan fingerprint density at radius 3 is 2.26 bits per heavy atom. The van der Waals surface area contributed by atoms with Gasteiger partial charge in [0.15, 0.2) is 0 Å². The molecule has 0 aromatic heterocycles. The lowest BCUT2D eigenvalue weighted by atomic mass is 9.82. The third-order valence-corrected chi connectivity index (χ3v) is 9.59. The molecule has 2 unspecified atom stereocenters. The van der Waals surface area contributed by atoms with Gasteiger partial charge in [-0.25, -0.2) is 8.78 Å². The number of carbonyl (C=O) groups excluding carboxylic acids is 1. The first kappa shape index (κ1) is 29.4. The van der Waals surface area contributed by atoms with Gasteiger partial charge < -0.3 is 9.80 Å². The molecule has 5 nitrogen and oxygen atoms in total. The van der Waals surface area contributed by atoms with Crippen LogP contribution in [0.25, 0.3) is 0 Å². The van der Waals surface area contributed by atoms with Gasteiger partial charge in [0.2, 0.25) is 5.91 Å². The molecule has 0 radical (unpaired) electrons. The number of nitrogens with zero attached hydrogens (tertiary/aromatic N) is 4. The number of hydrogen-bond donors (Lipinski definition) is 0. The van der Waals surface area contributed by atoms with Gasteiger partial charge in [-0.2, -0.15) is 0 Å². The average Bonchev–Trinajstić information content (AvgIpc) is 3.33. The Bertz CT molecular complexity index is 934. The summed E-state index contributed by atoms with van der Waals surface area (Å²) in [4.78, 5) is 23.4. The van der Waals surface area contributed by atoms with Crippen LogP contribution < -0.4 is 0 Å². The molecule has 1 saturated carbocycles. The Morgan fingerprint density at radius 2 is 1.68 bits per heavy atom. The maximum absolute atomic E-state index is 14.9. The highest BCUT2D eigenvalue weighted by molar-refractivity contribution is 5.81. The highest BCUT2D eigenvalue weighted by Gasteiger charge is 2.45. The van der Waals surface area contributed by atoms with Crippen LogP contribution in [0.2, 0.25) is 0 Å². The average molecular weight is 533 g/mol. The van der Waals surface area contributed by atoms with Crippen LogP contribution >= 0.6 is 0 Å². The van der Waals surface area contributed by atoms with Gasteiger partial charge in [0.25, 0.3) is 0 Å². The van der Waals surface area contributed by atoms with Crippen molar-refractivity contribution < 1.29 is 13.6 Å². The van der Waals surface area contributed by atoms with Crippen LogP contribution in [0.15, 0.2) is 18.2 Å². The van der Waals surface area contributed by atoms with E-state index in [1.165, 1.54) is 38.2 Å². The number of benzene rings is 1. The number of carbonyl (C=O) groups is 1. The summed E-state index contributed by atoms with van der Waals surface area (Å²) >= 11 is 0. The number of halogens is 2. The largest absolute Gasteiger partial charge is 0.340 e. The molecule has 4 rings (SSSR count). The lowest BCUT2D eigenvalue weighted by Crippen LogP contribution is -2.57. The molecular weight excluding hydrogens is 482 g/mol. The Labute approximate surface area is 229 Å². The van der Waals surface area contributed by atoms with E-state index >= 15 is 0 Å². The Kier molecular flexibility index (Phi) is 9.52. The van der Waals surface area contributed by atoms with Gasteiger partial charge in [0.05, 0.1) is 5.92 Å². The lowest BCUT2D eigenvalue weighted by molar-refractivity contribution is -0.138. The Balaban J connectivity index is 1.47. The second-order valence-electron chi connectivity index (χ2n) is 13.3. The minimum absolute atomic E-state index is 0.124. The molecule has 0 N–H and O–H groups in total. The first-order valence-electron chi connectivity index (χ1n) is 14.9. The standard InChI is InChI=1S/C31H50F2N4O/c1-22(2)34(6)21-29(23-10-8-7-9-11-23)35-14-16-36(17-15-35)30(38)27-20-37(31(3,4)5)19-26(27)25-13-12-24(32)18-28(25)33/h12-13,18,22-23,26-27,29H,7-11,14-17,19-21H2,1-6H3/t26?,27-,29?/m1/s1. The lowest BCUT2D eigenvalue weighted by Gasteiger charge is -2.45.